The largest absolute Gasteiger partial charge is 0.496 e. The van der Waals surface area contributed by atoms with Crippen LogP contribution < -0.4 is 10.1 Å². The Morgan fingerprint density at radius 1 is 1.09 bits per heavy atom. The molecule has 4 heterocycles. The van der Waals surface area contributed by atoms with Gasteiger partial charge >= 0.3 is 5.97 Å². The number of hydrogen-bond acceptors (Lipinski definition) is 8. The number of hydrogen-bond donors (Lipinski definition) is 3. The molecule has 0 amide bonds. The number of methoxy groups -OCH3 is 1. The monoisotopic (exact) mass is 717 g/mol. The number of nitrogens with one attached hydrogen (secondary N) is 1. The highest BCUT2D eigenvalue weighted by atomic mass is 19.1. The lowest BCUT2D eigenvalue weighted by Crippen LogP contribution is -2.44. The number of aliphatic hydroxyl groups excluding tert-OH is 1. The van der Waals surface area contributed by atoms with Crippen molar-refractivity contribution in [2.75, 3.05) is 32.1 Å². The fourth-order valence-electron chi connectivity index (χ4n) is 8.13. The number of pyridine rings is 2. The Hall–Kier alpha value is -4.90. The van der Waals surface area contributed by atoms with Crippen LogP contribution >= 0.6 is 0 Å². The van der Waals surface area contributed by atoms with E-state index in [4.69, 9.17) is 14.7 Å². The highest BCUT2D eigenvalue weighted by Crippen LogP contribution is 2.42. The van der Waals surface area contributed by atoms with Gasteiger partial charge < -0.3 is 20.3 Å². The number of carbonyl (C=O) groups is 1. The maximum atomic E-state index is 16.8. The molecule has 0 spiro atoms. The number of fused-ring (bicyclic) bond motifs is 1. The minimum Gasteiger partial charge on any atom is -0.496 e. The van der Waals surface area contributed by atoms with Gasteiger partial charge in [-0.15, -0.1) is 0 Å². The van der Waals surface area contributed by atoms with Gasteiger partial charge in [0.15, 0.2) is 5.82 Å². The van der Waals surface area contributed by atoms with Crippen LogP contribution in [0.1, 0.15) is 60.4 Å². The second kappa shape index (κ2) is 15.6. The van der Waals surface area contributed by atoms with Crippen LogP contribution in [0.25, 0.3) is 22.3 Å². The zero-order chi connectivity index (χ0) is 37.1. The molecule has 3 N–H and O–H groups in total. The minimum absolute atomic E-state index is 0.231. The number of β-amino-alcohol motifs (C(OH)–C–C–N with tert-alkyl or cyclic N) is 1. The summed E-state index contributed by atoms with van der Waals surface area (Å²) in [5.74, 6) is -0.317. The summed E-state index contributed by atoms with van der Waals surface area (Å²) in [6.45, 7) is 7.43. The molecule has 2 aromatic heterocycles. The number of rotatable bonds is 11. The maximum Gasteiger partial charge on any atom is 0.320 e. The van der Waals surface area contributed by atoms with E-state index in [1.165, 1.54) is 0 Å². The lowest BCUT2D eigenvalue weighted by Gasteiger charge is -2.39. The molecule has 4 atom stereocenters. The summed E-state index contributed by atoms with van der Waals surface area (Å²) in [4.78, 5) is 25.7. The van der Waals surface area contributed by atoms with Crippen LogP contribution in [0.4, 0.5) is 10.2 Å². The third kappa shape index (κ3) is 7.76. The van der Waals surface area contributed by atoms with Crippen molar-refractivity contribution in [2.45, 2.75) is 70.3 Å². The van der Waals surface area contributed by atoms with Crippen LogP contribution in [0.15, 0.2) is 91.3 Å². The molecule has 3 aliphatic rings. The normalized spacial score (nSPS) is 24.0. The summed E-state index contributed by atoms with van der Waals surface area (Å²) >= 11 is 0. The van der Waals surface area contributed by atoms with Gasteiger partial charge in [-0.3, -0.25) is 19.6 Å². The summed E-state index contributed by atoms with van der Waals surface area (Å²) in [7, 11) is 1.60. The Bertz CT molecular complexity index is 2080. The Morgan fingerprint density at radius 2 is 1.94 bits per heavy atom. The van der Waals surface area contributed by atoms with E-state index in [1.807, 2.05) is 47.4 Å². The van der Waals surface area contributed by atoms with E-state index in [2.05, 4.69) is 42.3 Å². The van der Waals surface area contributed by atoms with Crippen molar-refractivity contribution in [3.8, 4) is 5.75 Å². The summed E-state index contributed by atoms with van der Waals surface area (Å²) in [6, 6.07) is 17.1. The third-order valence-electron chi connectivity index (χ3n) is 11.1. The summed E-state index contributed by atoms with van der Waals surface area (Å²) in [6.07, 6.45) is 14.2. The van der Waals surface area contributed by atoms with E-state index in [0.717, 1.165) is 65.6 Å². The van der Waals surface area contributed by atoms with Crippen molar-refractivity contribution in [3.05, 3.63) is 119 Å². The maximum absolute atomic E-state index is 16.8. The second-order valence-electron chi connectivity index (χ2n) is 14.7. The van der Waals surface area contributed by atoms with E-state index < -0.39 is 23.4 Å². The van der Waals surface area contributed by atoms with Crippen LogP contribution in [-0.4, -0.2) is 80.4 Å². The van der Waals surface area contributed by atoms with Crippen LogP contribution in [0.2, 0.25) is 0 Å². The molecule has 2 fully saturated rings. The third-order valence-corrected chi connectivity index (χ3v) is 11.1. The number of likely N-dealkylation sites (tertiary alicyclic amines) is 2. The number of nitrogens with zero attached hydrogens (tertiary/aromatic N) is 4. The van der Waals surface area contributed by atoms with Crippen LogP contribution in [-0.2, 0) is 17.9 Å². The van der Waals surface area contributed by atoms with Gasteiger partial charge in [-0.2, -0.15) is 0 Å². The van der Waals surface area contributed by atoms with E-state index in [-0.39, 0.29) is 12.0 Å². The van der Waals surface area contributed by atoms with Crippen molar-refractivity contribution in [2.24, 2.45) is 5.92 Å². The van der Waals surface area contributed by atoms with Crippen molar-refractivity contribution >= 4 is 34.1 Å². The van der Waals surface area contributed by atoms with Gasteiger partial charge in [-0.1, -0.05) is 68.0 Å². The van der Waals surface area contributed by atoms with Gasteiger partial charge in [0.05, 0.1) is 18.8 Å². The van der Waals surface area contributed by atoms with Crippen molar-refractivity contribution in [1.82, 2.24) is 19.8 Å². The Balaban J connectivity index is 1.24. The molecule has 276 valence electrons. The number of aliphatic hydroxyl groups is 1. The lowest BCUT2D eigenvalue weighted by molar-refractivity contribution is -0.144. The van der Waals surface area contributed by atoms with E-state index in [1.54, 1.807) is 37.7 Å². The number of benzene rings is 2. The molecule has 2 aromatic carbocycles. The minimum atomic E-state index is -1.04. The van der Waals surface area contributed by atoms with Crippen LogP contribution in [0, 0.1) is 12.8 Å². The number of aryl methyl sites for hydroxylation is 1. The number of aliphatic carboxylic acids is 1. The predicted octanol–water partition coefficient (Wildman–Crippen LogP) is 7.40. The van der Waals surface area contributed by atoms with Crippen LogP contribution in [0.5, 0.6) is 5.75 Å². The van der Waals surface area contributed by atoms with E-state index >= 15 is 4.39 Å². The molecule has 4 aromatic rings. The summed E-state index contributed by atoms with van der Waals surface area (Å²) < 4.78 is 22.6. The second-order valence-corrected chi connectivity index (χ2v) is 14.7. The Morgan fingerprint density at radius 3 is 2.72 bits per heavy atom. The first kappa shape index (κ1) is 36.5. The van der Waals surface area contributed by atoms with Crippen LogP contribution in [0.3, 0.4) is 0 Å². The van der Waals surface area contributed by atoms with Crippen molar-refractivity contribution in [1.29, 1.82) is 0 Å². The number of anilines is 1. The molecule has 9 nitrogen and oxygen atoms in total. The first-order valence-corrected chi connectivity index (χ1v) is 18.5. The smallest absolute Gasteiger partial charge is 0.320 e. The zero-order valence-corrected chi connectivity index (χ0v) is 30.6. The SMILES string of the molecule is COc1cc(/C(F)=C/C2(Nc3nccc4cc(CN5CCCC[C@H]5C(=O)O)cnc34)C=CC=C(c3ccccc3C)C2C)ccc1CN1CC[C@@H](O)C1. The zero-order valence-electron chi connectivity index (χ0n) is 30.6. The molecule has 2 saturated heterocycles. The highest BCUT2D eigenvalue weighted by molar-refractivity contribution is 5.89. The number of carboxylic acids is 1. The average molecular weight is 718 g/mol. The first-order chi connectivity index (χ1) is 25.6. The molecular weight excluding hydrogens is 670 g/mol. The molecule has 0 radical (unpaired) electrons. The van der Waals surface area contributed by atoms with Gasteiger partial charge in [0, 0.05) is 61.0 Å². The predicted molar refractivity (Wildman–Crippen MR) is 207 cm³/mol. The number of carboxylic acid groups (broad SMARTS) is 1. The summed E-state index contributed by atoms with van der Waals surface area (Å²) in [5.41, 5.74) is 5.14. The van der Waals surface area contributed by atoms with E-state index in [0.29, 0.717) is 48.7 Å². The number of piperidine rings is 1. The van der Waals surface area contributed by atoms with Crippen molar-refractivity contribution in [3.63, 3.8) is 0 Å². The molecule has 0 saturated carbocycles. The highest BCUT2D eigenvalue weighted by Gasteiger charge is 2.38. The molecular formula is C43H48FN5O4. The van der Waals surface area contributed by atoms with Gasteiger partial charge in [0.2, 0.25) is 0 Å². The lowest BCUT2D eigenvalue weighted by atomic mass is 9.73. The number of allylic oxidation sites excluding steroid dienone is 2. The quantitative estimate of drug-likeness (QED) is 0.146. The Kier molecular flexibility index (Phi) is 10.7. The van der Waals surface area contributed by atoms with E-state index in [9.17, 15) is 15.0 Å². The fourth-order valence-corrected chi connectivity index (χ4v) is 8.13. The van der Waals surface area contributed by atoms with Crippen molar-refractivity contribution < 1.29 is 24.1 Å². The fraction of sp³-hybridized carbons (Fsp3) is 0.372. The van der Waals surface area contributed by atoms with Gasteiger partial charge in [0.25, 0.3) is 0 Å². The number of ether oxygens (including phenoxy) is 1. The topological polar surface area (TPSA) is 111 Å². The Labute approximate surface area is 310 Å². The molecule has 2 unspecified atom stereocenters. The molecule has 2 aliphatic heterocycles. The molecule has 53 heavy (non-hydrogen) atoms. The summed E-state index contributed by atoms with van der Waals surface area (Å²) in [5, 5.41) is 24.3. The van der Waals surface area contributed by atoms with Gasteiger partial charge in [-0.25, -0.2) is 9.37 Å². The van der Waals surface area contributed by atoms with Gasteiger partial charge in [0.1, 0.15) is 23.1 Å². The standard InChI is InChI=1S/C43H48FN5O4/c1-28-9-4-5-10-35(28)36-11-8-17-43(29(36)2,23-37(44)31-13-14-33(39(22-31)53-3)26-48-20-16-34(50)27-48)47-41-40-32(15-18-45-41)21-30(24-46-40)25-49-19-7-6-12-38(49)42(51)52/h4-5,8-11,13-15,17-18,21-24,29,34,38,50H,6-7,12,16,19-20,25-27H2,1-3H3,(H,45,47)(H,51,52)/b37-23-/t29?,34-,38+,43?/m1/s1. The molecule has 10 heteroatoms. The van der Waals surface area contributed by atoms with Gasteiger partial charge in [-0.05, 0) is 79.3 Å². The molecule has 0 bridgehead atoms. The first-order valence-electron chi connectivity index (χ1n) is 18.5. The number of halogens is 1. The molecule has 7 rings (SSSR count). The molecule has 1 aliphatic carbocycles. The number of aromatic nitrogens is 2. The average Bonchev–Trinajstić information content (AvgIpc) is 3.57.